The molecule has 0 fully saturated rings. The lowest BCUT2D eigenvalue weighted by Gasteiger charge is -2.05. The van der Waals surface area contributed by atoms with Crippen LogP contribution in [0.15, 0.2) is 0 Å². The Morgan fingerprint density at radius 1 is 0.357 bits per heavy atom. The molecule has 3 nitrogen and oxygen atoms in total. The lowest BCUT2D eigenvalue weighted by molar-refractivity contribution is 0.316. The molecule has 0 aliphatic carbocycles. The van der Waals surface area contributed by atoms with Crippen LogP contribution >= 0.6 is 10.8 Å². The Hall–Kier alpha value is 0.260. The molecule has 0 aliphatic rings. The first-order valence-electron chi connectivity index (χ1n) is 19.1. The highest BCUT2D eigenvalue weighted by molar-refractivity contribution is 8.70. The van der Waals surface area contributed by atoms with E-state index < -0.39 is 9.15 Å². The van der Waals surface area contributed by atoms with Crippen molar-refractivity contribution in [3.05, 3.63) is 0 Å². The second kappa shape index (κ2) is 35.7. The lowest BCUT2D eigenvalue weighted by Crippen LogP contribution is -2.01. The van der Waals surface area contributed by atoms with Crippen LogP contribution in [0.3, 0.4) is 0 Å². The minimum absolute atomic E-state index is 0.336. The van der Waals surface area contributed by atoms with Gasteiger partial charge in [-0.15, -0.1) is 0 Å². The van der Waals surface area contributed by atoms with Gasteiger partial charge in [0.25, 0.3) is 0 Å². The minimum Gasteiger partial charge on any atom is -0.262 e. The molecule has 254 valence electrons. The standard InChI is InChI=1S/C37H76O3S2/c1-3-4-5-6-7-8-9-10-11-12-13-14-15-16-17-18-19-20-21-22-23-24-25-26-27-28-29-30-31-32-33-34-35-36-37-40-42(38,39)41-2/h3-37H2,1-2H3. The lowest BCUT2D eigenvalue weighted by atomic mass is 10.0. The summed E-state index contributed by atoms with van der Waals surface area (Å²) in [6.07, 6.45) is 49.4. The monoisotopic (exact) mass is 633 g/mol. The van der Waals surface area contributed by atoms with Crippen molar-refractivity contribution in [2.75, 3.05) is 12.9 Å². The van der Waals surface area contributed by atoms with Gasteiger partial charge < -0.3 is 0 Å². The van der Waals surface area contributed by atoms with E-state index in [2.05, 4.69) is 6.92 Å². The van der Waals surface area contributed by atoms with Gasteiger partial charge in [-0.3, -0.25) is 4.18 Å². The molecule has 0 amide bonds. The van der Waals surface area contributed by atoms with Gasteiger partial charge in [0.2, 0.25) is 0 Å². The highest BCUT2D eigenvalue weighted by Gasteiger charge is 2.07. The third-order valence-corrected chi connectivity index (χ3v) is 11.3. The smallest absolute Gasteiger partial charge is 0.262 e. The van der Waals surface area contributed by atoms with Gasteiger partial charge in [-0.05, 0) is 23.5 Å². The van der Waals surface area contributed by atoms with E-state index in [0.717, 1.165) is 23.6 Å². The predicted molar refractivity (Wildman–Crippen MR) is 191 cm³/mol. The SMILES string of the molecule is CCCCCCCCCCCCCCCCCCCCCCCCCCCCCCCCCCCCOS(=O)(=O)SC. The molecule has 0 aromatic rings. The molecule has 0 aliphatic heterocycles. The van der Waals surface area contributed by atoms with Crippen LogP contribution in [-0.4, -0.2) is 21.3 Å². The molecule has 0 bridgehead atoms. The Kier molecular flexibility index (Phi) is 36.0. The van der Waals surface area contributed by atoms with Gasteiger partial charge >= 0.3 is 9.15 Å². The Labute approximate surface area is 269 Å². The van der Waals surface area contributed by atoms with Crippen LogP contribution in [-0.2, 0) is 13.3 Å². The molecule has 0 aromatic carbocycles. The maximum atomic E-state index is 11.2. The first kappa shape index (κ1) is 42.3. The van der Waals surface area contributed by atoms with Crippen molar-refractivity contribution in [1.82, 2.24) is 0 Å². The molecule has 0 N–H and O–H groups in total. The van der Waals surface area contributed by atoms with Gasteiger partial charge in [0, 0.05) is 0 Å². The Morgan fingerprint density at radius 2 is 0.548 bits per heavy atom. The minimum atomic E-state index is -3.34. The highest BCUT2D eigenvalue weighted by Crippen LogP contribution is 2.17. The fourth-order valence-electron chi connectivity index (χ4n) is 6.04. The van der Waals surface area contributed by atoms with Crippen molar-refractivity contribution >= 4 is 19.9 Å². The van der Waals surface area contributed by atoms with Gasteiger partial charge in [0.05, 0.1) is 6.61 Å². The fraction of sp³-hybridized carbons (Fsp3) is 1.00. The molecule has 0 spiro atoms. The molecule has 0 heterocycles. The van der Waals surface area contributed by atoms with Crippen LogP contribution in [0.2, 0.25) is 0 Å². The molecular formula is C37H76O3S2. The molecule has 0 saturated heterocycles. The topological polar surface area (TPSA) is 43.4 Å². The van der Waals surface area contributed by atoms with Gasteiger partial charge in [-0.25, -0.2) is 0 Å². The van der Waals surface area contributed by atoms with Crippen LogP contribution < -0.4 is 0 Å². The summed E-state index contributed by atoms with van der Waals surface area (Å²) in [6, 6.07) is 0. The summed E-state index contributed by atoms with van der Waals surface area (Å²) in [7, 11) is -2.56. The Morgan fingerprint density at radius 3 is 0.738 bits per heavy atom. The average Bonchev–Trinajstić information content (AvgIpc) is 2.99. The van der Waals surface area contributed by atoms with Crippen LogP contribution in [0.1, 0.15) is 225 Å². The van der Waals surface area contributed by atoms with Gasteiger partial charge in [-0.2, -0.15) is 8.42 Å². The fourth-order valence-corrected chi connectivity index (χ4v) is 6.95. The van der Waals surface area contributed by atoms with Gasteiger partial charge in [0.1, 0.15) is 0 Å². The zero-order valence-corrected chi connectivity index (χ0v) is 30.4. The van der Waals surface area contributed by atoms with E-state index in [1.807, 2.05) is 0 Å². The van der Waals surface area contributed by atoms with Crippen LogP contribution in [0.4, 0.5) is 0 Å². The second-order valence-electron chi connectivity index (χ2n) is 13.1. The Bertz CT molecular complexity index is 594. The summed E-state index contributed by atoms with van der Waals surface area (Å²) >= 11 is 0. The second-order valence-corrected chi connectivity index (χ2v) is 16.7. The van der Waals surface area contributed by atoms with Crippen LogP contribution in [0.5, 0.6) is 0 Å². The van der Waals surface area contributed by atoms with E-state index in [1.165, 1.54) is 205 Å². The van der Waals surface area contributed by atoms with E-state index in [4.69, 9.17) is 4.18 Å². The summed E-state index contributed by atoms with van der Waals surface area (Å²) in [5, 5.41) is 0. The molecule has 0 unspecified atom stereocenters. The third kappa shape index (κ3) is 36.5. The van der Waals surface area contributed by atoms with Crippen molar-refractivity contribution in [2.45, 2.75) is 225 Å². The quantitative estimate of drug-likeness (QED) is 0.0505. The summed E-state index contributed by atoms with van der Waals surface area (Å²) in [5.74, 6) is 0. The first-order chi connectivity index (χ1) is 20.6. The molecule has 0 rings (SSSR count). The molecule has 42 heavy (non-hydrogen) atoms. The molecule has 0 atom stereocenters. The van der Waals surface area contributed by atoms with Crippen LogP contribution in [0.25, 0.3) is 0 Å². The maximum absolute atomic E-state index is 11.2. The van der Waals surface area contributed by atoms with E-state index in [-0.39, 0.29) is 0 Å². The predicted octanol–water partition coefficient (Wildman–Crippen LogP) is 13.9. The molecular weight excluding hydrogens is 557 g/mol. The number of hydrogen-bond donors (Lipinski definition) is 0. The highest BCUT2D eigenvalue weighted by atomic mass is 33.1. The maximum Gasteiger partial charge on any atom is 0.321 e. The summed E-state index contributed by atoms with van der Waals surface area (Å²) in [6.45, 7) is 2.64. The van der Waals surface area contributed by atoms with Crippen LogP contribution in [0, 0.1) is 0 Å². The van der Waals surface area contributed by atoms with Crippen molar-refractivity contribution in [2.24, 2.45) is 0 Å². The number of rotatable bonds is 37. The largest absolute Gasteiger partial charge is 0.321 e. The first-order valence-corrected chi connectivity index (χ1v) is 22.2. The average molecular weight is 633 g/mol. The van der Waals surface area contributed by atoms with Gasteiger partial charge in [0.15, 0.2) is 0 Å². The summed E-state index contributed by atoms with van der Waals surface area (Å²) < 4.78 is 27.3. The normalized spacial score (nSPS) is 12.0. The van der Waals surface area contributed by atoms with Crippen molar-refractivity contribution in [3.8, 4) is 0 Å². The van der Waals surface area contributed by atoms with Crippen molar-refractivity contribution < 1.29 is 12.6 Å². The van der Waals surface area contributed by atoms with Gasteiger partial charge in [-0.1, -0.05) is 219 Å². The van der Waals surface area contributed by atoms with Crippen molar-refractivity contribution in [3.63, 3.8) is 0 Å². The number of unbranched alkanes of at least 4 members (excludes halogenated alkanes) is 33. The van der Waals surface area contributed by atoms with Crippen molar-refractivity contribution in [1.29, 1.82) is 0 Å². The summed E-state index contributed by atoms with van der Waals surface area (Å²) in [5.41, 5.74) is 0. The molecule has 5 heteroatoms. The molecule has 0 aromatic heterocycles. The van der Waals surface area contributed by atoms with E-state index in [9.17, 15) is 8.42 Å². The van der Waals surface area contributed by atoms with E-state index in [1.54, 1.807) is 6.26 Å². The number of hydrogen-bond acceptors (Lipinski definition) is 4. The van der Waals surface area contributed by atoms with E-state index >= 15 is 0 Å². The zero-order valence-electron chi connectivity index (χ0n) is 28.8. The Balaban J connectivity index is 3.07. The zero-order chi connectivity index (χ0) is 30.7. The molecule has 0 radical (unpaired) electrons. The van der Waals surface area contributed by atoms with E-state index in [0.29, 0.717) is 6.61 Å². The third-order valence-electron chi connectivity index (χ3n) is 8.93. The summed E-state index contributed by atoms with van der Waals surface area (Å²) in [4.78, 5) is 0. The molecule has 0 saturated carbocycles.